The SMILES string of the molecule is C=C(C)C(=O)OC(=O)c1cccc(C(=O)Oc2cccc3ccccc23)c1C. The second-order valence-corrected chi connectivity index (χ2v) is 6.30. The van der Waals surface area contributed by atoms with Crippen molar-refractivity contribution in [1.29, 1.82) is 0 Å². The minimum atomic E-state index is -0.842. The van der Waals surface area contributed by atoms with Gasteiger partial charge in [-0.2, -0.15) is 0 Å². The summed E-state index contributed by atoms with van der Waals surface area (Å²) in [4.78, 5) is 36.6. The molecule has 3 aromatic carbocycles. The molecule has 0 bridgehead atoms. The van der Waals surface area contributed by atoms with Crippen LogP contribution in [0.1, 0.15) is 33.2 Å². The monoisotopic (exact) mass is 374 g/mol. The van der Waals surface area contributed by atoms with Crippen LogP contribution < -0.4 is 4.74 Å². The largest absolute Gasteiger partial charge is 0.422 e. The zero-order chi connectivity index (χ0) is 20.3. The van der Waals surface area contributed by atoms with Gasteiger partial charge in [0.1, 0.15) is 5.75 Å². The highest BCUT2D eigenvalue weighted by atomic mass is 16.6. The molecule has 0 atom stereocenters. The van der Waals surface area contributed by atoms with Crippen LogP contribution in [0.4, 0.5) is 0 Å². The van der Waals surface area contributed by atoms with E-state index in [0.29, 0.717) is 11.3 Å². The first-order valence-electron chi connectivity index (χ1n) is 8.60. The number of carbonyl (C=O) groups excluding carboxylic acids is 3. The van der Waals surface area contributed by atoms with E-state index in [2.05, 4.69) is 6.58 Å². The number of benzene rings is 3. The van der Waals surface area contributed by atoms with Crippen LogP contribution in [-0.4, -0.2) is 17.9 Å². The summed E-state index contributed by atoms with van der Waals surface area (Å²) in [6, 6.07) is 17.6. The van der Waals surface area contributed by atoms with Crippen molar-refractivity contribution in [2.24, 2.45) is 0 Å². The number of hydrogen-bond acceptors (Lipinski definition) is 5. The van der Waals surface area contributed by atoms with E-state index in [1.807, 2.05) is 30.3 Å². The van der Waals surface area contributed by atoms with Crippen LogP contribution in [-0.2, 0) is 9.53 Å². The molecule has 5 heteroatoms. The highest BCUT2D eigenvalue weighted by Gasteiger charge is 2.21. The molecule has 0 aromatic heterocycles. The highest BCUT2D eigenvalue weighted by molar-refractivity contribution is 6.04. The normalized spacial score (nSPS) is 10.4. The molecule has 0 aliphatic rings. The predicted octanol–water partition coefficient (Wildman–Crippen LogP) is 4.63. The van der Waals surface area contributed by atoms with E-state index >= 15 is 0 Å². The van der Waals surface area contributed by atoms with Crippen molar-refractivity contribution in [3.8, 4) is 5.75 Å². The second-order valence-electron chi connectivity index (χ2n) is 6.30. The molecule has 5 nitrogen and oxygen atoms in total. The van der Waals surface area contributed by atoms with Gasteiger partial charge in [-0.15, -0.1) is 0 Å². The van der Waals surface area contributed by atoms with Crippen molar-refractivity contribution in [3.63, 3.8) is 0 Å². The zero-order valence-electron chi connectivity index (χ0n) is 15.5. The van der Waals surface area contributed by atoms with Crippen molar-refractivity contribution < 1.29 is 23.9 Å². The van der Waals surface area contributed by atoms with Crippen LogP contribution in [0.5, 0.6) is 5.75 Å². The summed E-state index contributed by atoms with van der Waals surface area (Å²) in [7, 11) is 0. The van der Waals surface area contributed by atoms with Gasteiger partial charge in [-0.05, 0) is 43.0 Å². The summed E-state index contributed by atoms with van der Waals surface area (Å²) in [6.07, 6.45) is 0. The Labute approximate surface area is 162 Å². The first-order valence-corrected chi connectivity index (χ1v) is 8.60. The van der Waals surface area contributed by atoms with Crippen molar-refractivity contribution in [3.05, 3.63) is 89.5 Å². The van der Waals surface area contributed by atoms with Crippen molar-refractivity contribution in [2.75, 3.05) is 0 Å². The molecule has 0 radical (unpaired) electrons. The molecule has 3 rings (SSSR count). The van der Waals surface area contributed by atoms with Crippen LogP contribution >= 0.6 is 0 Å². The summed E-state index contributed by atoms with van der Waals surface area (Å²) in [6.45, 7) is 6.48. The Bertz CT molecular complexity index is 1110. The van der Waals surface area contributed by atoms with E-state index < -0.39 is 17.9 Å². The molecule has 0 aliphatic carbocycles. The summed E-state index contributed by atoms with van der Waals surface area (Å²) < 4.78 is 10.3. The number of carbonyl (C=O) groups is 3. The minimum Gasteiger partial charge on any atom is -0.422 e. The van der Waals surface area contributed by atoms with Crippen molar-refractivity contribution in [2.45, 2.75) is 13.8 Å². The molecule has 0 heterocycles. The van der Waals surface area contributed by atoms with Gasteiger partial charge in [-0.25, -0.2) is 14.4 Å². The first kappa shape index (κ1) is 19.0. The lowest BCUT2D eigenvalue weighted by molar-refractivity contribution is -0.133. The van der Waals surface area contributed by atoms with Gasteiger partial charge in [-0.3, -0.25) is 0 Å². The quantitative estimate of drug-likeness (QED) is 0.288. The van der Waals surface area contributed by atoms with E-state index in [9.17, 15) is 14.4 Å². The molecule has 3 aromatic rings. The number of rotatable bonds is 4. The maximum atomic E-state index is 12.7. The lowest BCUT2D eigenvalue weighted by Gasteiger charge is -2.11. The Kier molecular flexibility index (Phi) is 5.36. The molecule has 0 N–H and O–H groups in total. The molecule has 0 unspecified atom stereocenters. The van der Waals surface area contributed by atoms with Gasteiger partial charge in [-0.1, -0.05) is 49.0 Å². The minimum absolute atomic E-state index is 0.109. The van der Waals surface area contributed by atoms with E-state index in [-0.39, 0.29) is 16.7 Å². The summed E-state index contributed by atoms with van der Waals surface area (Å²) in [5.41, 5.74) is 0.803. The van der Waals surface area contributed by atoms with Crippen LogP contribution in [0.15, 0.2) is 72.8 Å². The van der Waals surface area contributed by atoms with E-state index in [1.165, 1.54) is 19.1 Å². The average molecular weight is 374 g/mol. The number of fused-ring (bicyclic) bond motifs is 1. The molecule has 0 spiro atoms. The van der Waals surface area contributed by atoms with Crippen LogP contribution in [0.3, 0.4) is 0 Å². The van der Waals surface area contributed by atoms with Crippen LogP contribution in [0.2, 0.25) is 0 Å². The van der Waals surface area contributed by atoms with Gasteiger partial charge < -0.3 is 9.47 Å². The summed E-state index contributed by atoms with van der Waals surface area (Å²) in [5.74, 6) is -1.83. The Morgan fingerprint density at radius 1 is 0.821 bits per heavy atom. The smallest absolute Gasteiger partial charge is 0.346 e. The fourth-order valence-corrected chi connectivity index (χ4v) is 2.74. The van der Waals surface area contributed by atoms with Gasteiger partial charge in [0.05, 0.1) is 11.1 Å². The number of hydrogen-bond donors (Lipinski definition) is 0. The van der Waals surface area contributed by atoms with Gasteiger partial charge in [0.25, 0.3) is 0 Å². The van der Waals surface area contributed by atoms with Gasteiger partial charge in [0, 0.05) is 11.0 Å². The average Bonchev–Trinajstić information content (AvgIpc) is 2.68. The molecule has 28 heavy (non-hydrogen) atoms. The van der Waals surface area contributed by atoms with Gasteiger partial charge >= 0.3 is 17.9 Å². The maximum Gasteiger partial charge on any atom is 0.346 e. The van der Waals surface area contributed by atoms with E-state index in [4.69, 9.17) is 9.47 Å². The summed E-state index contributed by atoms with van der Waals surface area (Å²) >= 11 is 0. The maximum absolute atomic E-state index is 12.7. The predicted molar refractivity (Wildman–Crippen MR) is 105 cm³/mol. The Hall–Kier alpha value is -3.73. The molecule has 0 saturated heterocycles. The molecule has 0 saturated carbocycles. The molecular weight excluding hydrogens is 356 g/mol. The Balaban J connectivity index is 1.89. The fourth-order valence-electron chi connectivity index (χ4n) is 2.74. The molecule has 0 aliphatic heterocycles. The lowest BCUT2D eigenvalue weighted by atomic mass is 10.0. The number of esters is 3. The molecule has 140 valence electrons. The van der Waals surface area contributed by atoms with Gasteiger partial charge in [0.2, 0.25) is 0 Å². The molecule has 0 amide bonds. The van der Waals surface area contributed by atoms with Crippen LogP contribution in [0.25, 0.3) is 10.8 Å². The lowest BCUT2D eigenvalue weighted by Crippen LogP contribution is -2.17. The van der Waals surface area contributed by atoms with Gasteiger partial charge in [0.15, 0.2) is 0 Å². The Morgan fingerprint density at radius 2 is 1.43 bits per heavy atom. The van der Waals surface area contributed by atoms with E-state index in [0.717, 1.165) is 10.8 Å². The molecular formula is C23H18O5. The zero-order valence-corrected chi connectivity index (χ0v) is 15.5. The fraction of sp³-hybridized carbons (Fsp3) is 0.0870. The Morgan fingerprint density at radius 3 is 2.14 bits per heavy atom. The first-order chi connectivity index (χ1) is 13.4. The highest BCUT2D eigenvalue weighted by Crippen LogP contribution is 2.26. The standard InChI is InChI=1S/C23H18O5/c1-14(2)21(24)28-23(26)18-12-7-11-17(15(18)3)22(25)27-20-13-6-9-16-8-4-5-10-19(16)20/h4-13H,1H2,2-3H3. The topological polar surface area (TPSA) is 69.7 Å². The third kappa shape index (κ3) is 3.83. The van der Waals surface area contributed by atoms with Crippen molar-refractivity contribution in [1.82, 2.24) is 0 Å². The van der Waals surface area contributed by atoms with Crippen molar-refractivity contribution >= 4 is 28.7 Å². The van der Waals surface area contributed by atoms with Crippen LogP contribution in [0, 0.1) is 6.92 Å². The third-order valence-corrected chi connectivity index (χ3v) is 4.26. The molecule has 0 fully saturated rings. The second kappa shape index (κ2) is 7.88. The summed E-state index contributed by atoms with van der Waals surface area (Å²) in [5, 5.41) is 1.75. The third-order valence-electron chi connectivity index (χ3n) is 4.26. The number of ether oxygens (including phenoxy) is 2. The van der Waals surface area contributed by atoms with E-state index in [1.54, 1.807) is 25.1 Å².